The molecule has 7 heteroatoms. The first-order valence-electron chi connectivity index (χ1n) is 7.70. The lowest BCUT2D eigenvalue weighted by Crippen LogP contribution is -2.30. The van der Waals surface area contributed by atoms with Gasteiger partial charge < -0.3 is 15.0 Å². The van der Waals surface area contributed by atoms with Crippen molar-refractivity contribution in [1.82, 2.24) is 15.3 Å². The number of aromatic amines is 1. The minimum atomic E-state index is -0.576. The number of hydrogen-bond donors (Lipinski definition) is 2. The molecule has 0 aliphatic carbocycles. The smallest absolute Gasteiger partial charge is 0.306 e. The van der Waals surface area contributed by atoms with Gasteiger partial charge in [-0.1, -0.05) is 0 Å². The Labute approximate surface area is 139 Å². The quantitative estimate of drug-likeness (QED) is 0.622. The molecule has 0 saturated carbocycles. The highest BCUT2D eigenvalue weighted by atomic mass is 16.6. The van der Waals surface area contributed by atoms with Gasteiger partial charge in [-0.15, -0.1) is 0 Å². The number of esters is 1. The topological polar surface area (TPSA) is 101 Å². The molecule has 2 N–H and O–H groups in total. The minimum Gasteiger partial charge on any atom is -0.460 e. The Balaban J connectivity index is 1.81. The van der Waals surface area contributed by atoms with E-state index in [2.05, 4.69) is 15.3 Å². The average molecular weight is 331 g/mol. The summed E-state index contributed by atoms with van der Waals surface area (Å²) in [6, 6.07) is 3.53. The molecule has 0 radical (unpaired) electrons. The van der Waals surface area contributed by atoms with Crippen LogP contribution in [0, 0.1) is 0 Å². The van der Waals surface area contributed by atoms with E-state index in [9.17, 15) is 14.4 Å². The molecule has 0 fully saturated rings. The van der Waals surface area contributed by atoms with Crippen LogP contribution in [0.25, 0.3) is 11.0 Å². The molecule has 0 aliphatic heterocycles. The van der Waals surface area contributed by atoms with Crippen LogP contribution in [0.5, 0.6) is 0 Å². The van der Waals surface area contributed by atoms with Gasteiger partial charge in [-0.3, -0.25) is 14.4 Å². The Morgan fingerprint density at radius 3 is 2.71 bits per heavy atom. The molecule has 1 amide bonds. The van der Waals surface area contributed by atoms with Gasteiger partial charge in [0.15, 0.2) is 5.78 Å². The van der Waals surface area contributed by atoms with Crippen LogP contribution in [-0.2, 0) is 14.3 Å². The molecule has 2 aromatic rings. The van der Waals surface area contributed by atoms with Gasteiger partial charge in [0.25, 0.3) is 0 Å². The SMILES string of the molecule is CC(C)(C)OC(=O)CCC(=O)NCC(=O)c1c[nH]c2ncccc12. The van der Waals surface area contributed by atoms with Crippen LogP contribution in [0.15, 0.2) is 24.5 Å². The average Bonchev–Trinajstić information content (AvgIpc) is 2.93. The van der Waals surface area contributed by atoms with Crippen molar-refractivity contribution in [3.8, 4) is 0 Å². The first-order chi connectivity index (χ1) is 11.3. The fraction of sp³-hybridized carbons (Fsp3) is 0.412. The molecule has 0 aliphatic rings. The standard InChI is InChI=1S/C17H21N3O4/c1-17(2,3)24-15(23)7-6-14(22)19-10-13(21)12-9-20-16-11(12)5-4-8-18-16/h4-5,8-9H,6-7,10H2,1-3H3,(H,18,20)(H,19,22). The number of hydrogen-bond acceptors (Lipinski definition) is 5. The van der Waals surface area contributed by atoms with E-state index in [0.29, 0.717) is 16.6 Å². The van der Waals surface area contributed by atoms with Gasteiger partial charge in [-0.25, -0.2) is 4.98 Å². The molecule has 7 nitrogen and oxygen atoms in total. The van der Waals surface area contributed by atoms with Gasteiger partial charge in [-0.05, 0) is 32.9 Å². The predicted octanol–water partition coefficient (Wildman–Crippen LogP) is 1.98. The molecule has 0 bridgehead atoms. The molecule has 2 heterocycles. The highest BCUT2D eigenvalue weighted by Crippen LogP contribution is 2.15. The number of ether oxygens (including phenoxy) is 1. The lowest BCUT2D eigenvalue weighted by molar-refractivity contribution is -0.155. The first kappa shape index (κ1) is 17.7. The van der Waals surface area contributed by atoms with E-state index < -0.39 is 11.6 Å². The minimum absolute atomic E-state index is 0.0162. The number of nitrogens with zero attached hydrogens (tertiary/aromatic N) is 1. The van der Waals surface area contributed by atoms with E-state index in [-0.39, 0.29) is 31.1 Å². The zero-order valence-corrected chi connectivity index (χ0v) is 14.0. The number of H-pyrrole nitrogens is 1. The van der Waals surface area contributed by atoms with E-state index in [1.165, 1.54) is 0 Å². The normalized spacial score (nSPS) is 11.3. The van der Waals surface area contributed by atoms with Gasteiger partial charge >= 0.3 is 5.97 Å². The number of nitrogens with one attached hydrogen (secondary N) is 2. The molecule has 0 atom stereocenters. The fourth-order valence-electron chi connectivity index (χ4n) is 2.16. The largest absolute Gasteiger partial charge is 0.460 e. The van der Waals surface area contributed by atoms with Crippen molar-refractivity contribution in [2.75, 3.05) is 6.54 Å². The Morgan fingerprint density at radius 1 is 1.25 bits per heavy atom. The molecule has 0 saturated heterocycles. The van der Waals surface area contributed by atoms with Crippen LogP contribution < -0.4 is 5.32 Å². The Kier molecular flexibility index (Phi) is 5.33. The summed E-state index contributed by atoms with van der Waals surface area (Å²) in [6.45, 7) is 5.16. The molecular weight excluding hydrogens is 310 g/mol. The number of fused-ring (bicyclic) bond motifs is 1. The predicted molar refractivity (Wildman–Crippen MR) is 88.5 cm³/mol. The summed E-state index contributed by atoms with van der Waals surface area (Å²) in [5.41, 5.74) is 0.523. The van der Waals surface area contributed by atoms with Crippen LogP contribution in [0.2, 0.25) is 0 Å². The van der Waals surface area contributed by atoms with Crippen LogP contribution in [0.3, 0.4) is 0 Å². The van der Waals surface area contributed by atoms with E-state index in [0.717, 1.165) is 0 Å². The van der Waals surface area contributed by atoms with Crippen molar-refractivity contribution in [3.05, 3.63) is 30.1 Å². The maximum absolute atomic E-state index is 12.2. The third kappa shape index (κ3) is 4.91. The van der Waals surface area contributed by atoms with Crippen molar-refractivity contribution in [2.24, 2.45) is 0 Å². The Morgan fingerprint density at radius 2 is 2.00 bits per heavy atom. The summed E-state index contributed by atoms with van der Waals surface area (Å²) >= 11 is 0. The van der Waals surface area contributed by atoms with Crippen LogP contribution >= 0.6 is 0 Å². The van der Waals surface area contributed by atoms with Gasteiger partial charge in [0.1, 0.15) is 11.2 Å². The highest BCUT2D eigenvalue weighted by molar-refractivity contribution is 6.08. The van der Waals surface area contributed by atoms with E-state index >= 15 is 0 Å². The van der Waals surface area contributed by atoms with Crippen molar-refractivity contribution in [3.63, 3.8) is 0 Å². The van der Waals surface area contributed by atoms with Crippen LogP contribution in [0.4, 0.5) is 0 Å². The molecule has 0 spiro atoms. The van der Waals surface area contributed by atoms with Crippen molar-refractivity contribution >= 4 is 28.7 Å². The summed E-state index contributed by atoms with van der Waals surface area (Å²) in [7, 11) is 0. The number of ketones is 1. The molecule has 0 aromatic carbocycles. The third-order valence-corrected chi connectivity index (χ3v) is 3.17. The molecule has 128 valence electrons. The number of carbonyl (C=O) groups excluding carboxylic acids is 3. The number of Topliss-reactive ketones (excluding diaryl/α,β-unsaturated/α-hetero) is 1. The summed E-state index contributed by atoms with van der Waals surface area (Å²) in [4.78, 5) is 42.5. The Hall–Kier alpha value is -2.70. The van der Waals surface area contributed by atoms with Crippen molar-refractivity contribution < 1.29 is 19.1 Å². The lowest BCUT2D eigenvalue weighted by Gasteiger charge is -2.19. The molecular formula is C17H21N3O4. The molecule has 2 rings (SSSR count). The summed E-state index contributed by atoms with van der Waals surface area (Å²) in [5, 5.41) is 3.24. The molecule has 24 heavy (non-hydrogen) atoms. The number of pyridine rings is 1. The summed E-state index contributed by atoms with van der Waals surface area (Å²) in [6.07, 6.45) is 3.17. The number of aromatic nitrogens is 2. The second kappa shape index (κ2) is 7.25. The zero-order chi connectivity index (χ0) is 17.7. The monoisotopic (exact) mass is 331 g/mol. The van der Waals surface area contributed by atoms with Crippen molar-refractivity contribution in [2.45, 2.75) is 39.2 Å². The number of amides is 1. The highest BCUT2D eigenvalue weighted by Gasteiger charge is 2.18. The van der Waals surface area contributed by atoms with Gasteiger partial charge in [-0.2, -0.15) is 0 Å². The van der Waals surface area contributed by atoms with E-state index in [1.54, 1.807) is 45.3 Å². The summed E-state index contributed by atoms with van der Waals surface area (Å²) < 4.78 is 5.12. The van der Waals surface area contributed by atoms with Gasteiger partial charge in [0.2, 0.25) is 5.91 Å². The van der Waals surface area contributed by atoms with Gasteiger partial charge in [0, 0.05) is 29.8 Å². The zero-order valence-electron chi connectivity index (χ0n) is 14.0. The number of rotatable bonds is 6. The molecule has 0 unspecified atom stereocenters. The maximum Gasteiger partial charge on any atom is 0.306 e. The van der Waals surface area contributed by atoms with Crippen molar-refractivity contribution in [1.29, 1.82) is 0 Å². The lowest BCUT2D eigenvalue weighted by atomic mass is 10.1. The van der Waals surface area contributed by atoms with E-state index in [1.807, 2.05) is 0 Å². The number of carbonyl (C=O) groups is 3. The fourth-order valence-corrected chi connectivity index (χ4v) is 2.16. The van der Waals surface area contributed by atoms with Gasteiger partial charge in [0.05, 0.1) is 13.0 Å². The van der Waals surface area contributed by atoms with Crippen LogP contribution in [0.1, 0.15) is 44.0 Å². The Bertz CT molecular complexity index is 759. The second-order valence-electron chi connectivity index (χ2n) is 6.39. The maximum atomic E-state index is 12.2. The second-order valence-corrected chi connectivity index (χ2v) is 6.39. The van der Waals surface area contributed by atoms with Crippen LogP contribution in [-0.4, -0.2) is 39.8 Å². The summed E-state index contributed by atoms with van der Waals surface area (Å²) in [5.74, 6) is -1.03. The first-order valence-corrected chi connectivity index (χ1v) is 7.70. The third-order valence-electron chi connectivity index (χ3n) is 3.17. The van der Waals surface area contributed by atoms with E-state index in [4.69, 9.17) is 4.74 Å². The molecule has 2 aromatic heterocycles.